The van der Waals surface area contributed by atoms with Crippen molar-refractivity contribution in [2.45, 2.75) is 11.3 Å². The van der Waals surface area contributed by atoms with Crippen molar-refractivity contribution in [2.24, 2.45) is 5.92 Å². The molecule has 5 nitrogen and oxygen atoms in total. The predicted molar refractivity (Wildman–Crippen MR) is 96.9 cm³/mol. The Balaban J connectivity index is 1.50. The molecule has 0 aromatic heterocycles. The lowest BCUT2D eigenvalue weighted by molar-refractivity contribution is -0.152. The summed E-state index contributed by atoms with van der Waals surface area (Å²) in [6.07, 6.45) is 2.53. The van der Waals surface area contributed by atoms with Gasteiger partial charge < -0.3 is 14.8 Å². The third-order valence-electron chi connectivity index (χ3n) is 3.91. The van der Waals surface area contributed by atoms with Gasteiger partial charge in [-0.25, -0.2) is 0 Å². The second-order valence-electron chi connectivity index (χ2n) is 5.71. The molecule has 1 heterocycles. The van der Waals surface area contributed by atoms with Crippen molar-refractivity contribution in [3.8, 4) is 5.75 Å². The summed E-state index contributed by atoms with van der Waals surface area (Å²) in [5, 5.41) is 2.73. The van der Waals surface area contributed by atoms with E-state index in [1.165, 1.54) is 0 Å². The van der Waals surface area contributed by atoms with Crippen molar-refractivity contribution in [1.29, 1.82) is 0 Å². The van der Waals surface area contributed by atoms with Crippen LogP contribution in [0.4, 0.5) is 5.69 Å². The Bertz CT molecular complexity index is 778. The summed E-state index contributed by atoms with van der Waals surface area (Å²) in [6.45, 7) is -0.0340. The Morgan fingerprint density at radius 1 is 1.24 bits per heavy atom. The van der Waals surface area contributed by atoms with Gasteiger partial charge in [-0.1, -0.05) is 24.3 Å². The van der Waals surface area contributed by atoms with Gasteiger partial charge in [-0.15, -0.1) is 11.8 Å². The van der Waals surface area contributed by atoms with E-state index in [-0.39, 0.29) is 25.0 Å². The monoisotopic (exact) mass is 357 g/mol. The van der Waals surface area contributed by atoms with Gasteiger partial charge in [0.15, 0.2) is 6.61 Å². The summed E-state index contributed by atoms with van der Waals surface area (Å²) in [5.41, 5.74) is 1.66. The Kier molecular flexibility index (Phi) is 5.60. The number of anilines is 1. The fraction of sp³-hybridized carbons (Fsp3) is 0.263. The summed E-state index contributed by atoms with van der Waals surface area (Å²) in [5.74, 6) is -0.355. The van der Waals surface area contributed by atoms with Crippen LogP contribution in [-0.2, 0) is 20.7 Å². The first-order chi connectivity index (χ1) is 12.2. The van der Waals surface area contributed by atoms with Crippen molar-refractivity contribution in [2.75, 3.05) is 24.8 Å². The number of thioether (sulfide) groups is 1. The molecule has 0 bridgehead atoms. The average molecular weight is 357 g/mol. The third kappa shape index (κ3) is 4.54. The lowest BCUT2D eigenvalue weighted by atomic mass is 9.97. The molecule has 6 heteroatoms. The molecule has 1 unspecified atom stereocenters. The largest absolute Gasteiger partial charge is 0.492 e. The van der Waals surface area contributed by atoms with E-state index >= 15 is 0 Å². The van der Waals surface area contributed by atoms with E-state index in [4.69, 9.17) is 9.47 Å². The topological polar surface area (TPSA) is 64.6 Å². The fourth-order valence-corrected chi connectivity index (χ4v) is 3.09. The van der Waals surface area contributed by atoms with Gasteiger partial charge in [0, 0.05) is 10.6 Å². The minimum atomic E-state index is -0.414. The van der Waals surface area contributed by atoms with E-state index in [0.29, 0.717) is 12.1 Å². The molecule has 1 aliphatic rings. The number of rotatable bonds is 5. The number of hydrogen-bond acceptors (Lipinski definition) is 5. The van der Waals surface area contributed by atoms with E-state index in [0.717, 1.165) is 16.2 Å². The van der Waals surface area contributed by atoms with Crippen molar-refractivity contribution >= 4 is 29.3 Å². The number of ether oxygens (including phenoxy) is 2. The highest BCUT2D eigenvalue weighted by atomic mass is 32.2. The Morgan fingerprint density at radius 2 is 2.08 bits per heavy atom. The number of amides is 1. The zero-order chi connectivity index (χ0) is 17.6. The number of benzene rings is 2. The first-order valence-corrected chi connectivity index (χ1v) is 9.19. The van der Waals surface area contributed by atoms with Gasteiger partial charge in [-0.2, -0.15) is 0 Å². The normalized spacial score (nSPS) is 15.6. The summed E-state index contributed by atoms with van der Waals surface area (Å²) < 4.78 is 10.7. The van der Waals surface area contributed by atoms with Gasteiger partial charge >= 0.3 is 5.97 Å². The molecule has 3 rings (SSSR count). The lowest BCUT2D eigenvalue weighted by Gasteiger charge is -2.23. The summed E-state index contributed by atoms with van der Waals surface area (Å²) in [4.78, 5) is 25.2. The lowest BCUT2D eigenvalue weighted by Crippen LogP contribution is -2.31. The zero-order valence-electron chi connectivity index (χ0n) is 13.9. The molecule has 0 saturated heterocycles. The second kappa shape index (κ2) is 8.07. The first kappa shape index (κ1) is 17.4. The van der Waals surface area contributed by atoms with Crippen LogP contribution in [0, 0.1) is 5.92 Å². The molecule has 2 aromatic rings. The predicted octanol–water partition coefficient (Wildman–Crippen LogP) is 3.14. The molecular formula is C19H19NO4S. The smallest absolute Gasteiger partial charge is 0.313 e. The molecule has 0 saturated carbocycles. The quantitative estimate of drug-likeness (QED) is 0.658. The molecule has 0 fully saturated rings. The van der Waals surface area contributed by atoms with Crippen LogP contribution in [-0.4, -0.2) is 31.3 Å². The third-order valence-corrected chi connectivity index (χ3v) is 4.64. The molecular weight excluding hydrogens is 338 g/mol. The number of carbonyl (C=O) groups excluding carboxylic acids is 2. The minimum absolute atomic E-state index is 0.271. The van der Waals surface area contributed by atoms with Crippen LogP contribution in [0.15, 0.2) is 53.4 Å². The molecule has 130 valence electrons. The number of fused-ring (bicyclic) bond motifs is 1. The maximum Gasteiger partial charge on any atom is 0.313 e. The number of carbonyl (C=O) groups is 2. The van der Waals surface area contributed by atoms with Crippen LogP contribution in [0.5, 0.6) is 5.75 Å². The summed E-state index contributed by atoms with van der Waals surface area (Å²) in [7, 11) is 0. The Morgan fingerprint density at radius 3 is 2.92 bits per heavy atom. The summed E-state index contributed by atoms with van der Waals surface area (Å²) >= 11 is 1.59. The van der Waals surface area contributed by atoms with Gasteiger partial charge in [0.2, 0.25) is 0 Å². The van der Waals surface area contributed by atoms with Crippen molar-refractivity contribution in [1.82, 2.24) is 0 Å². The van der Waals surface area contributed by atoms with Crippen LogP contribution in [0.25, 0.3) is 0 Å². The molecule has 0 spiro atoms. The van der Waals surface area contributed by atoms with E-state index in [1.807, 2.05) is 48.7 Å². The summed E-state index contributed by atoms with van der Waals surface area (Å²) in [6, 6.07) is 15.1. The van der Waals surface area contributed by atoms with E-state index in [1.54, 1.807) is 17.8 Å². The van der Waals surface area contributed by atoms with Gasteiger partial charge in [-0.05, 0) is 42.5 Å². The average Bonchev–Trinajstić information content (AvgIpc) is 2.65. The van der Waals surface area contributed by atoms with Gasteiger partial charge in [0.25, 0.3) is 5.91 Å². The van der Waals surface area contributed by atoms with Crippen LogP contribution < -0.4 is 10.1 Å². The van der Waals surface area contributed by atoms with Crippen molar-refractivity contribution < 1.29 is 19.1 Å². The molecule has 1 N–H and O–H groups in total. The molecule has 1 amide bonds. The first-order valence-electron chi connectivity index (χ1n) is 7.97. The van der Waals surface area contributed by atoms with Gasteiger partial charge in [0.1, 0.15) is 12.4 Å². The molecule has 1 aliphatic heterocycles. The number of nitrogens with one attached hydrogen (secondary N) is 1. The number of esters is 1. The van der Waals surface area contributed by atoms with Gasteiger partial charge in [-0.3, -0.25) is 9.59 Å². The minimum Gasteiger partial charge on any atom is -0.492 e. The van der Waals surface area contributed by atoms with Crippen LogP contribution in [0.1, 0.15) is 5.56 Å². The zero-order valence-corrected chi connectivity index (χ0v) is 14.7. The van der Waals surface area contributed by atoms with Crippen LogP contribution in [0.3, 0.4) is 0 Å². The van der Waals surface area contributed by atoms with E-state index in [2.05, 4.69) is 5.32 Å². The van der Waals surface area contributed by atoms with Crippen molar-refractivity contribution in [3.63, 3.8) is 0 Å². The molecule has 0 radical (unpaired) electrons. The fourth-order valence-electron chi connectivity index (χ4n) is 2.63. The Labute approximate surface area is 150 Å². The van der Waals surface area contributed by atoms with Crippen molar-refractivity contribution in [3.05, 3.63) is 54.1 Å². The van der Waals surface area contributed by atoms with Crippen LogP contribution in [0.2, 0.25) is 0 Å². The highest BCUT2D eigenvalue weighted by Crippen LogP contribution is 2.27. The standard InChI is InChI=1S/C19H19NO4S/c1-25-16-7-4-6-15(10-16)20-18(21)12-24-19(22)14-9-13-5-2-3-8-17(13)23-11-14/h2-8,10,14H,9,11-12H2,1H3,(H,20,21). The maximum atomic E-state index is 12.2. The number of para-hydroxylation sites is 1. The van der Waals surface area contributed by atoms with E-state index < -0.39 is 5.97 Å². The Hall–Kier alpha value is -2.47. The van der Waals surface area contributed by atoms with Gasteiger partial charge in [0.05, 0.1) is 5.92 Å². The molecule has 2 aromatic carbocycles. The molecule has 1 atom stereocenters. The SMILES string of the molecule is CSc1cccc(NC(=O)COC(=O)C2COc3ccccc3C2)c1. The van der Waals surface area contributed by atoms with Crippen LogP contribution >= 0.6 is 11.8 Å². The molecule has 25 heavy (non-hydrogen) atoms. The maximum absolute atomic E-state index is 12.2. The highest BCUT2D eigenvalue weighted by Gasteiger charge is 2.27. The van der Waals surface area contributed by atoms with E-state index in [9.17, 15) is 9.59 Å². The molecule has 0 aliphatic carbocycles. The second-order valence-corrected chi connectivity index (χ2v) is 6.59. The number of hydrogen-bond donors (Lipinski definition) is 1. The highest BCUT2D eigenvalue weighted by molar-refractivity contribution is 7.98.